The SMILES string of the molecule is C[C@H]1C[C@H](CC(=O)N2CCC2)CN(c2ncc(Cl)c(Nc3ccc4c(c3)c3c(c(=O)n4C)OCC(F)(F)[C@H](C4CC4)N3)n2)C1. The molecule has 0 spiro atoms. The molecule has 2 N–H and O–H groups in total. The van der Waals surface area contributed by atoms with Gasteiger partial charge in [0.05, 0.1) is 23.4 Å². The molecule has 7 rings (SSSR count). The fraction of sp³-hybridized carbons (Fsp3) is 0.548. The number of aryl methyl sites for hydroxylation is 1. The summed E-state index contributed by atoms with van der Waals surface area (Å²) in [5, 5.41) is 7.17. The van der Waals surface area contributed by atoms with Gasteiger partial charge in [0.1, 0.15) is 5.02 Å². The minimum absolute atomic E-state index is 0.108. The van der Waals surface area contributed by atoms with E-state index >= 15 is 8.78 Å². The maximum absolute atomic E-state index is 15.0. The smallest absolute Gasteiger partial charge is 0.301 e. The second-order valence-corrected chi connectivity index (χ2v) is 13.3. The number of carbonyl (C=O) groups excluding carboxylic acids is 1. The molecule has 4 aliphatic rings. The topological polar surface area (TPSA) is 105 Å². The Morgan fingerprint density at radius 1 is 1.25 bits per heavy atom. The van der Waals surface area contributed by atoms with Crippen LogP contribution in [-0.4, -0.2) is 70.1 Å². The van der Waals surface area contributed by atoms with Crippen LogP contribution in [0.5, 0.6) is 5.75 Å². The number of halogens is 3. The maximum Gasteiger partial charge on any atom is 0.301 e. The van der Waals surface area contributed by atoms with E-state index in [1.807, 2.05) is 4.90 Å². The van der Waals surface area contributed by atoms with Crippen LogP contribution in [0.3, 0.4) is 0 Å². The molecule has 3 aromatic rings. The van der Waals surface area contributed by atoms with Crippen LogP contribution >= 0.6 is 11.6 Å². The third-order valence-corrected chi connectivity index (χ3v) is 9.58. The Kier molecular flexibility index (Phi) is 7.30. The Labute approximate surface area is 258 Å². The summed E-state index contributed by atoms with van der Waals surface area (Å²) in [6, 6.07) is 4.22. The number of aromatic nitrogens is 3. The predicted octanol–water partition coefficient (Wildman–Crippen LogP) is 5.03. The summed E-state index contributed by atoms with van der Waals surface area (Å²) < 4.78 is 36.9. The molecule has 44 heavy (non-hydrogen) atoms. The van der Waals surface area contributed by atoms with Crippen LogP contribution in [0.4, 0.5) is 31.9 Å². The number of carbonyl (C=O) groups is 1. The summed E-state index contributed by atoms with van der Waals surface area (Å²) in [6.07, 6.45) is 5.54. The van der Waals surface area contributed by atoms with Gasteiger partial charge in [-0.05, 0) is 61.6 Å². The minimum atomic E-state index is -3.12. The molecule has 1 aliphatic carbocycles. The number of ether oxygens (including phenoxy) is 1. The van der Waals surface area contributed by atoms with Crippen molar-refractivity contribution in [1.29, 1.82) is 0 Å². The summed E-state index contributed by atoms with van der Waals surface area (Å²) in [5.41, 5.74) is 0.981. The number of likely N-dealkylation sites (tertiary alicyclic amines) is 1. The lowest BCUT2D eigenvalue weighted by Gasteiger charge is -2.38. The second kappa shape index (κ2) is 11.0. The average molecular weight is 628 g/mol. The highest BCUT2D eigenvalue weighted by molar-refractivity contribution is 6.33. The molecular formula is C31H36ClF2N7O3. The maximum atomic E-state index is 15.0. The first-order chi connectivity index (χ1) is 21.1. The van der Waals surface area contributed by atoms with Crippen LogP contribution in [0.2, 0.25) is 5.02 Å². The van der Waals surface area contributed by atoms with E-state index in [9.17, 15) is 9.59 Å². The number of alkyl halides is 2. The van der Waals surface area contributed by atoms with Crippen LogP contribution < -0.4 is 25.8 Å². The lowest BCUT2D eigenvalue weighted by molar-refractivity contribution is -0.135. The molecule has 1 saturated carbocycles. The minimum Gasteiger partial charge on any atom is -0.480 e. The van der Waals surface area contributed by atoms with Crippen molar-refractivity contribution in [2.45, 2.75) is 51.0 Å². The fourth-order valence-corrected chi connectivity index (χ4v) is 6.89. The Morgan fingerprint density at radius 2 is 2.05 bits per heavy atom. The molecule has 10 nitrogen and oxygen atoms in total. The Morgan fingerprint density at radius 3 is 2.77 bits per heavy atom. The van der Waals surface area contributed by atoms with Crippen LogP contribution in [0.1, 0.15) is 39.0 Å². The number of pyridine rings is 1. The third kappa shape index (κ3) is 5.41. The molecule has 1 aromatic carbocycles. The van der Waals surface area contributed by atoms with Crippen molar-refractivity contribution in [2.75, 3.05) is 48.3 Å². The number of hydrogen-bond donors (Lipinski definition) is 2. The molecule has 0 unspecified atom stereocenters. The van der Waals surface area contributed by atoms with E-state index in [4.69, 9.17) is 21.3 Å². The van der Waals surface area contributed by atoms with Gasteiger partial charge in [-0.25, -0.2) is 13.8 Å². The van der Waals surface area contributed by atoms with Crippen molar-refractivity contribution in [2.24, 2.45) is 24.8 Å². The van der Waals surface area contributed by atoms with E-state index < -0.39 is 24.1 Å². The molecule has 13 heteroatoms. The van der Waals surface area contributed by atoms with Gasteiger partial charge in [-0.3, -0.25) is 9.59 Å². The predicted molar refractivity (Wildman–Crippen MR) is 165 cm³/mol. The Hall–Kier alpha value is -3.67. The average Bonchev–Trinajstić information content (AvgIpc) is 3.79. The van der Waals surface area contributed by atoms with Crippen LogP contribution in [0, 0.1) is 17.8 Å². The summed E-state index contributed by atoms with van der Waals surface area (Å²) in [5.74, 6) is -1.69. The number of piperidine rings is 1. The molecule has 0 radical (unpaired) electrons. The molecule has 3 fully saturated rings. The van der Waals surface area contributed by atoms with E-state index in [-0.39, 0.29) is 29.2 Å². The first-order valence-corrected chi connectivity index (χ1v) is 15.7. The quantitative estimate of drug-likeness (QED) is 0.392. The largest absolute Gasteiger partial charge is 0.480 e. The fourth-order valence-electron chi connectivity index (χ4n) is 6.75. The highest BCUT2D eigenvalue weighted by atomic mass is 35.5. The molecule has 234 valence electrons. The van der Waals surface area contributed by atoms with Crippen molar-refractivity contribution < 1.29 is 18.3 Å². The van der Waals surface area contributed by atoms with Crippen molar-refractivity contribution in [3.63, 3.8) is 0 Å². The molecule has 5 heterocycles. The molecule has 1 amide bonds. The van der Waals surface area contributed by atoms with Gasteiger partial charge in [-0.2, -0.15) is 4.98 Å². The van der Waals surface area contributed by atoms with E-state index in [1.165, 1.54) is 4.57 Å². The van der Waals surface area contributed by atoms with E-state index in [0.717, 1.165) is 32.5 Å². The van der Waals surface area contributed by atoms with Gasteiger partial charge in [-0.1, -0.05) is 18.5 Å². The number of benzene rings is 1. The highest BCUT2D eigenvalue weighted by Crippen LogP contribution is 2.45. The molecule has 0 bridgehead atoms. The van der Waals surface area contributed by atoms with Gasteiger partial charge in [0.2, 0.25) is 17.6 Å². The van der Waals surface area contributed by atoms with Crippen molar-refractivity contribution in [3.8, 4) is 5.75 Å². The summed E-state index contributed by atoms with van der Waals surface area (Å²) >= 11 is 6.54. The Balaban J connectivity index is 1.17. The molecule has 2 saturated heterocycles. The number of anilines is 4. The van der Waals surface area contributed by atoms with Crippen molar-refractivity contribution >= 4 is 51.6 Å². The number of hydrogen-bond acceptors (Lipinski definition) is 8. The van der Waals surface area contributed by atoms with Crippen molar-refractivity contribution in [1.82, 2.24) is 19.4 Å². The normalized spacial score (nSPS) is 24.5. The molecular weight excluding hydrogens is 592 g/mol. The molecule has 2 aromatic heterocycles. The number of rotatable bonds is 6. The number of amides is 1. The van der Waals surface area contributed by atoms with Crippen LogP contribution in [0.15, 0.2) is 29.2 Å². The first-order valence-electron chi connectivity index (χ1n) is 15.3. The summed E-state index contributed by atoms with van der Waals surface area (Å²) in [4.78, 5) is 39.1. The highest BCUT2D eigenvalue weighted by Gasteiger charge is 2.51. The molecule has 3 aliphatic heterocycles. The van der Waals surface area contributed by atoms with Crippen LogP contribution in [-0.2, 0) is 11.8 Å². The van der Waals surface area contributed by atoms with Gasteiger partial charge in [0.15, 0.2) is 12.4 Å². The van der Waals surface area contributed by atoms with Gasteiger partial charge in [0, 0.05) is 50.7 Å². The van der Waals surface area contributed by atoms with E-state index in [2.05, 4.69) is 27.4 Å². The van der Waals surface area contributed by atoms with Crippen LogP contribution in [0.25, 0.3) is 10.9 Å². The summed E-state index contributed by atoms with van der Waals surface area (Å²) in [6.45, 7) is 4.47. The van der Waals surface area contributed by atoms with Gasteiger partial charge in [-0.15, -0.1) is 0 Å². The number of nitrogens with zero attached hydrogens (tertiary/aromatic N) is 5. The van der Waals surface area contributed by atoms with Crippen molar-refractivity contribution in [3.05, 3.63) is 39.8 Å². The van der Waals surface area contributed by atoms with E-state index in [1.54, 1.807) is 31.4 Å². The zero-order valence-corrected chi connectivity index (χ0v) is 25.5. The zero-order valence-electron chi connectivity index (χ0n) is 24.8. The Bertz CT molecular complexity index is 1680. The van der Waals surface area contributed by atoms with Gasteiger partial charge < -0.3 is 29.7 Å². The molecule has 3 atom stereocenters. The van der Waals surface area contributed by atoms with Gasteiger partial charge in [0.25, 0.3) is 5.56 Å². The third-order valence-electron chi connectivity index (χ3n) is 9.31. The van der Waals surface area contributed by atoms with E-state index in [0.29, 0.717) is 65.1 Å². The monoisotopic (exact) mass is 627 g/mol. The lowest BCUT2D eigenvalue weighted by atomic mass is 9.87. The summed E-state index contributed by atoms with van der Waals surface area (Å²) in [7, 11) is 1.60. The number of nitrogens with one attached hydrogen (secondary N) is 2. The second-order valence-electron chi connectivity index (χ2n) is 12.9. The zero-order chi connectivity index (χ0) is 30.7. The number of fused-ring (bicyclic) bond motifs is 3. The lowest BCUT2D eigenvalue weighted by Crippen LogP contribution is -2.46. The first kappa shape index (κ1) is 29.1. The van der Waals surface area contributed by atoms with Gasteiger partial charge >= 0.3 is 5.92 Å². The standard InChI is InChI=1S/C31H36ClF2N7O3/c1-17-10-18(11-24(42)40-8-3-9-40)15-41(14-17)30-35-13-22(32)28(38-30)36-20-6-7-23-21(12-20)25-26(29(43)39(23)2)44-16-31(33,34)27(37-25)19-4-5-19/h6-7,12-13,17-19,27,37H,3-5,8-11,14-16H2,1-2H3,(H,35,36,38)/t17-,18+,27-/m0/s1.